The van der Waals surface area contributed by atoms with Gasteiger partial charge in [-0.25, -0.2) is 0 Å². The van der Waals surface area contributed by atoms with Crippen LogP contribution < -0.4 is 0 Å². The second kappa shape index (κ2) is 28.1. The Morgan fingerprint density at radius 2 is 0.766 bits per heavy atom. The minimum Gasteiger partial charge on any atom is -0.382 e. The van der Waals surface area contributed by atoms with Crippen LogP contribution in [0.5, 0.6) is 0 Å². The molecule has 0 amide bonds. The fourth-order valence-electron chi connectivity index (χ4n) is 5.01. The molecule has 0 aromatic carbocycles. The molecule has 0 rings (SSSR count). The van der Waals surface area contributed by atoms with Crippen molar-refractivity contribution in [1.82, 2.24) is 19.6 Å². The standard InChI is InChI=1S/2C10H21NSSi.C8H17NSSi.C7H15NSSi/c2*1-8(6-9(2)12)11(7-13)10(3,4)5;1-4-9(6-11)7(2)5-8(3)10;1-6(4-7(2)9)8(3)5-10/h2*6H,7H2,1-5,13H3;5H,4,6H2,1-3,11H3;4H,5H2,1-3,10H3/b2*8-6-;7-5-;6-4-. The molecule has 0 aromatic rings. The van der Waals surface area contributed by atoms with Crippen LogP contribution in [0, 0.1) is 0 Å². The van der Waals surface area contributed by atoms with E-state index in [1.165, 1.54) is 76.1 Å². The van der Waals surface area contributed by atoms with Crippen LogP contribution in [0.3, 0.4) is 0 Å². The van der Waals surface area contributed by atoms with E-state index in [0.29, 0.717) is 0 Å². The third-order valence-electron chi connectivity index (χ3n) is 7.09. The Bertz CT molecular complexity index is 1040. The summed E-state index contributed by atoms with van der Waals surface area (Å²) in [4.78, 5) is 13.2. The van der Waals surface area contributed by atoms with Crippen molar-refractivity contribution in [2.75, 3.05) is 38.3 Å². The molecule has 0 aromatic heterocycles. The van der Waals surface area contributed by atoms with Crippen LogP contribution in [0.4, 0.5) is 0 Å². The molecule has 0 saturated carbocycles. The SMILES string of the molecule is CC(=S)/C=C(/C)N(C)C[SiH3].CC(=S)/C=C(/C)N(C[SiH3])C(C)(C)C.CC(=S)/C=C(/C)N(C[SiH3])C(C)(C)C.CCN(C[SiH3])/C(C)=C\C(C)=S. The van der Waals surface area contributed by atoms with Gasteiger partial charge >= 0.3 is 0 Å². The Morgan fingerprint density at radius 1 is 0.489 bits per heavy atom. The number of hydrogen-bond donors (Lipinski definition) is 0. The highest BCUT2D eigenvalue weighted by atomic mass is 32.1. The van der Waals surface area contributed by atoms with Crippen LogP contribution in [0.2, 0.25) is 0 Å². The Hall–Kier alpha value is -0.612. The van der Waals surface area contributed by atoms with Crippen molar-refractivity contribution in [2.45, 2.75) is 115 Å². The smallest absolute Gasteiger partial charge is 0.0310 e. The lowest BCUT2D eigenvalue weighted by molar-refractivity contribution is 0.216. The van der Waals surface area contributed by atoms with E-state index in [0.717, 1.165) is 38.3 Å². The zero-order valence-corrected chi connectivity index (χ0v) is 45.5. The van der Waals surface area contributed by atoms with Gasteiger partial charge < -0.3 is 19.6 Å². The van der Waals surface area contributed by atoms with Gasteiger partial charge in [-0.15, -0.1) is 0 Å². The quantitative estimate of drug-likeness (QED) is 0.147. The fourth-order valence-corrected chi connectivity index (χ4v) is 10.0. The molecule has 0 unspecified atom stereocenters. The van der Waals surface area contributed by atoms with Gasteiger partial charge in [0.15, 0.2) is 0 Å². The molecule has 0 aliphatic carbocycles. The fraction of sp³-hybridized carbons (Fsp3) is 0.657. The molecule has 0 radical (unpaired) electrons. The molecule has 0 aliphatic heterocycles. The van der Waals surface area contributed by atoms with E-state index in [2.05, 4.69) is 121 Å². The largest absolute Gasteiger partial charge is 0.382 e. The lowest BCUT2D eigenvalue weighted by atomic mass is 10.1. The topological polar surface area (TPSA) is 13.0 Å². The Labute approximate surface area is 327 Å². The molecule has 4 nitrogen and oxygen atoms in total. The molecule has 47 heavy (non-hydrogen) atoms. The summed E-state index contributed by atoms with van der Waals surface area (Å²) in [5.41, 5.74) is 5.57. The number of allylic oxidation sites excluding steroid dienone is 8. The monoisotopic (exact) mass is 790 g/mol. The van der Waals surface area contributed by atoms with Crippen molar-refractivity contribution in [3.05, 3.63) is 47.1 Å². The summed E-state index contributed by atoms with van der Waals surface area (Å²) in [5, 5.41) is 0. The van der Waals surface area contributed by atoms with Crippen molar-refractivity contribution in [3.63, 3.8) is 0 Å². The first-order valence-electron chi connectivity index (χ1n) is 17.0. The maximum atomic E-state index is 5.07. The van der Waals surface area contributed by atoms with Crippen molar-refractivity contribution >= 4 is 109 Å². The second-order valence-corrected chi connectivity index (χ2v) is 18.7. The second-order valence-electron chi connectivity index (χ2n) is 13.6. The summed E-state index contributed by atoms with van der Waals surface area (Å²) in [6.07, 6.45) is 13.0. The van der Waals surface area contributed by atoms with Gasteiger partial charge in [-0.2, -0.15) is 0 Å². The lowest BCUT2D eigenvalue weighted by Gasteiger charge is -2.37. The highest BCUT2D eigenvalue weighted by Crippen LogP contribution is 2.19. The van der Waals surface area contributed by atoms with E-state index in [4.69, 9.17) is 48.9 Å². The third kappa shape index (κ3) is 30.0. The van der Waals surface area contributed by atoms with Gasteiger partial charge in [0.25, 0.3) is 0 Å². The van der Waals surface area contributed by atoms with Gasteiger partial charge in [-0.3, -0.25) is 0 Å². The van der Waals surface area contributed by atoms with Crippen LogP contribution in [-0.2, 0) is 0 Å². The van der Waals surface area contributed by atoms with Gasteiger partial charge in [-0.05, 0) is 128 Å². The molecule has 0 bridgehead atoms. The van der Waals surface area contributed by atoms with Crippen LogP contribution >= 0.6 is 48.9 Å². The Balaban J connectivity index is -0.000000264. The average Bonchev–Trinajstić information content (AvgIpc) is 2.87. The van der Waals surface area contributed by atoms with Crippen LogP contribution in [0.15, 0.2) is 47.1 Å². The van der Waals surface area contributed by atoms with E-state index in [9.17, 15) is 0 Å². The van der Waals surface area contributed by atoms with E-state index < -0.39 is 0 Å². The van der Waals surface area contributed by atoms with E-state index in [1.54, 1.807) is 0 Å². The molecule has 0 saturated heterocycles. The molecular formula is C35H74N4S4Si4. The van der Waals surface area contributed by atoms with Gasteiger partial charge in [0.2, 0.25) is 0 Å². The molecule has 0 aliphatic rings. The minimum absolute atomic E-state index is 0.215. The zero-order valence-electron chi connectivity index (χ0n) is 34.3. The number of nitrogens with zero attached hydrogens (tertiary/aromatic N) is 4. The molecule has 0 atom stereocenters. The first kappa shape index (κ1) is 53.2. The maximum absolute atomic E-state index is 5.07. The summed E-state index contributed by atoms with van der Waals surface area (Å²) in [6, 6.07) is 0. The van der Waals surface area contributed by atoms with Gasteiger partial charge in [0.05, 0.1) is 0 Å². The minimum atomic E-state index is 0.215. The van der Waals surface area contributed by atoms with Crippen molar-refractivity contribution < 1.29 is 0 Å². The van der Waals surface area contributed by atoms with E-state index in [-0.39, 0.29) is 11.1 Å². The van der Waals surface area contributed by atoms with Crippen LogP contribution in [-0.4, -0.2) is 129 Å². The van der Waals surface area contributed by atoms with Gasteiger partial charge in [-0.1, -0.05) is 48.9 Å². The molecule has 0 spiro atoms. The van der Waals surface area contributed by atoms with Crippen LogP contribution in [0.25, 0.3) is 0 Å². The highest BCUT2D eigenvalue weighted by molar-refractivity contribution is 7.81. The predicted octanol–water partition coefficient (Wildman–Crippen LogP) is 4.87. The number of thiocarbonyl (C=S) groups is 4. The third-order valence-corrected chi connectivity index (χ3v) is 10.5. The van der Waals surface area contributed by atoms with Gasteiger partial charge in [0.1, 0.15) is 0 Å². The molecule has 12 heteroatoms. The summed E-state index contributed by atoms with van der Waals surface area (Å²) < 4.78 is 0. The molecule has 274 valence electrons. The zero-order chi connectivity index (χ0) is 38.3. The summed E-state index contributed by atoms with van der Waals surface area (Å²) in [6.45, 7) is 33.0. The Kier molecular flexibility index (Phi) is 31.8. The van der Waals surface area contributed by atoms with Crippen LogP contribution in [0.1, 0.15) is 104 Å². The Morgan fingerprint density at radius 3 is 0.957 bits per heavy atom. The average molecular weight is 792 g/mol. The summed E-state index contributed by atoms with van der Waals surface area (Å²) in [5.74, 6) is 0. The first-order valence-corrected chi connectivity index (χ1v) is 24.3. The summed E-state index contributed by atoms with van der Waals surface area (Å²) >= 11 is 20.1. The lowest BCUT2D eigenvalue weighted by Crippen LogP contribution is -2.40. The molecule has 0 N–H and O–H groups in total. The maximum Gasteiger partial charge on any atom is 0.0310 e. The van der Waals surface area contributed by atoms with Crippen molar-refractivity contribution in [3.8, 4) is 0 Å². The van der Waals surface area contributed by atoms with Gasteiger partial charge in [0, 0.05) is 133 Å². The first-order chi connectivity index (χ1) is 21.3. The number of rotatable bonds is 13. The molecule has 0 heterocycles. The molecule has 0 fully saturated rings. The van der Waals surface area contributed by atoms with Crippen molar-refractivity contribution in [2.24, 2.45) is 0 Å². The van der Waals surface area contributed by atoms with E-state index in [1.807, 2.05) is 33.8 Å². The summed E-state index contributed by atoms with van der Waals surface area (Å²) in [7, 11) is 6.92. The van der Waals surface area contributed by atoms with E-state index >= 15 is 0 Å². The molecular weight excluding hydrogens is 717 g/mol. The predicted molar refractivity (Wildman–Crippen MR) is 251 cm³/mol. The normalized spacial score (nSPS) is 12.5. The highest BCUT2D eigenvalue weighted by Gasteiger charge is 2.20. The van der Waals surface area contributed by atoms with Crippen molar-refractivity contribution in [1.29, 1.82) is 0 Å². The number of hydrogen-bond acceptors (Lipinski definition) is 8.